The number of aliphatic hydroxyl groups excluding tert-OH is 1. The first kappa shape index (κ1) is 13.3. The minimum absolute atomic E-state index is 0.0425. The third-order valence-corrected chi connectivity index (χ3v) is 2.43. The van der Waals surface area contributed by atoms with Crippen LogP contribution in [0.3, 0.4) is 0 Å². The first-order valence-corrected chi connectivity index (χ1v) is 5.49. The zero-order chi connectivity index (χ0) is 12.8. The lowest BCUT2D eigenvalue weighted by molar-refractivity contribution is 0.0933. The fourth-order valence-corrected chi connectivity index (χ4v) is 1.49. The predicted octanol–water partition coefficient (Wildman–Crippen LogP) is 0.989. The van der Waals surface area contributed by atoms with Gasteiger partial charge in [-0.25, -0.2) is 0 Å². The van der Waals surface area contributed by atoms with Gasteiger partial charge in [0.05, 0.1) is 5.56 Å². The number of benzene rings is 1. The van der Waals surface area contributed by atoms with Gasteiger partial charge in [-0.3, -0.25) is 4.79 Å². The highest BCUT2D eigenvalue weighted by Crippen LogP contribution is 2.27. The van der Waals surface area contributed by atoms with Crippen LogP contribution in [0.4, 0.5) is 0 Å². The molecule has 0 fully saturated rings. The van der Waals surface area contributed by atoms with Crippen LogP contribution in [-0.2, 0) is 0 Å². The van der Waals surface area contributed by atoms with Gasteiger partial charge in [0.15, 0.2) is 11.5 Å². The van der Waals surface area contributed by atoms with Crippen molar-refractivity contribution >= 4 is 5.91 Å². The summed E-state index contributed by atoms with van der Waals surface area (Å²) >= 11 is 0. The number of aromatic hydroxyl groups is 2. The van der Waals surface area contributed by atoms with E-state index in [2.05, 4.69) is 5.32 Å². The number of phenolic OH excluding ortho intramolecular Hbond substituents is 2. The van der Waals surface area contributed by atoms with Crippen LogP contribution < -0.4 is 5.32 Å². The second-order valence-corrected chi connectivity index (χ2v) is 3.91. The summed E-state index contributed by atoms with van der Waals surface area (Å²) in [6.45, 7) is 1.89. The maximum absolute atomic E-state index is 11.7. The van der Waals surface area contributed by atoms with Crippen molar-refractivity contribution in [2.45, 2.75) is 25.8 Å². The third kappa shape index (κ3) is 3.64. The van der Waals surface area contributed by atoms with Crippen molar-refractivity contribution in [1.29, 1.82) is 0 Å². The highest BCUT2D eigenvalue weighted by Gasteiger charge is 2.15. The fourth-order valence-electron chi connectivity index (χ4n) is 1.49. The molecule has 0 bridgehead atoms. The normalized spacial score (nSPS) is 12.1. The number of hydrogen-bond acceptors (Lipinski definition) is 4. The minimum atomic E-state index is -0.441. The molecule has 0 saturated carbocycles. The molecule has 4 N–H and O–H groups in total. The summed E-state index contributed by atoms with van der Waals surface area (Å²) in [6, 6.07) is 4.13. The van der Waals surface area contributed by atoms with Crippen molar-refractivity contribution in [2.75, 3.05) is 6.61 Å². The van der Waals surface area contributed by atoms with Crippen molar-refractivity contribution in [3.05, 3.63) is 23.8 Å². The Labute approximate surface area is 99.7 Å². The Morgan fingerprint density at radius 1 is 1.41 bits per heavy atom. The first-order chi connectivity index (χ1) is 8.06. The van der Waals surface area contributed by atoms with E-state index in [0.717, 1.165) is 0 Å². The largest absolute Gasteiger partial charge is 0.504 e. The molecule has 0 aromatic heterocycles. The predicted molar refractivity (Wildman–Crippen MR) is 63.0 cm³/mol. The van der Waals surface area contributed by atoms with E-state index < -0.39 is 11.7 Å². The molecule has 1 amide bonds. The lowest BCUT2D eigenvalue weighted by Crippen LogP contribution is -2.32. The van der Waals surface area contributed by atoms with E-state index in [1.165, 1.54) is 18.2 Å². The highest BCUT2D eigenvalue weighted by atomic mass is 16.3. The summed E-state index contributed by atoms with van der Waals surface area (Å²) in [7, 11) is 0. The van der Waals surface area contributed by atoms with E-state index in [-0.39, 0.29) is 24.0 Å². The van der Waals surface area contributed by atoms with Crippen molar-refractivity contribution in [3.8, 4) is 11.5 Å². The molecule has 1 rings (SSSR count). The van der Waals surface area contributed by atoms with Gasteiger partial charge in [0.25, 0.3) is 5.91 Å². The number of aliphatic hydroxyl groups is 1. The molecule has 1 aromatic carbocycles. The molecule has 0 spiro atoms. The van der Waals surface area contributed by atoms with Gasteiger partial charge in [-0.05, 0) is 31.9 Å². The Bertz CT molecular complexity index is 392. The number of nitrogens with one attached hydrogen (secondary N) is 1. The standard InChI is InChI=1S/C12H17NO4/c1-8(4-3-7-14)13-12(17)9-5-2-6-10(15)11(9)16/h2,5-6,8,14-16H,3-4,7H2,1H3,(H,13,17). The van der Waals surface area contributed by atoms with Gasteiger partial charge < -0.3 is 20.6 Å². The Kier molecular flexibility index (Phi) is 4.78. The van der Waals surface area contributed by atoms with Crippen LogP contribution in [0.5, 0.6) is 11.5 Å². The van der Waals surface area contributed by atoms with Gasteiger partial charge in [0.1, 0.15) is 0 Å². The monoisotopic (exact) mass is 239 g/mol. The zero-order valence-corrected chi connectivity index (χ0v) is 9.68. The molecule has 0 saturated heterocycles. The van der Waals surface area contributed by atoms with Gasteiger partial charge in [-0.15, -0.1) is 0 Å². The first-order valence-electron chi connectivity index (χ1n) is 5.49. The molecular formula is C12H17NO4. The van der Waals surface area contributed by atoms with Gasteiger partial charge in [-0.1, -0.05) is 6.07 Å². The molecule has 5 nitrogen and oxygen atoms in total. The molecular weight excluding hydrogens is 222 g/mol. The Morgan fingerprint density at radius 2 is 2.12 bits per heavy atom. The average molecular weight is 239 g/mol. The van der Waals surface area contributed by atoms with Crippen LogP contribution in [0.15, 0.2) is 18.2 Å². The maximum atomic E-state index is 11.7. The molecule has 1 unspecified atom stereocenters. The van der Waals surface area contributed by atoms with Crippen molar-refractivity contribution in [3.63, 3.8) is 0 Å². The second-order valence-electron chi connectivity index (χ2n) is 3.91. The number of amides is 1. The van der Waals surface area contributed by atoms with E-state index in [9.17, 15) is 15.0 Å². The molecule has 17 heavy (non-hydrogen) atoms. The number of para-hydroxylation sites is 1. The third-order valence-electron chi connectivity index (χ3n) is 2.43. The molecule has 0 aliphatic rings. The molecule has 94 valence electrons. The van der Waals surface area contributed by atoms with Gasteiger partial charge in [0, 0.05) is 12.6 Å². The van der Waals surface area contributed by atoms with E-state index in [4.69, 9.17) is 5.11 Å². The van der Waals surface area contributed by atoms with E-state index in [1.54, 1.807) is 0 Å². The summed E-state index contributed by atoms with van der Waals surface area (Å²) in [6.07, 6.45) is 1.26. The van der Waals surface area contributed by atoms with Crippen LogP contribution in [-0.4, -0.2) is 33.9 Å². The molecule has 1 atom stereocenters. The topological polar surface area (TPSA) is 89.8 Å². The van der Waals surface area contributed by atoms with Crippen molar-refractivity contribution < 1.29 is 20.1 Å². The highest BCUT2D eigenvalue weighted by molar-refractivity contribution is 5.97. The second kappa shape index (κ2) is 6.10. The maximum Gasteiger partial charge on any atom is 0.255 e. The molecule has 0 radical (unpaired) electrons. The number of rotatable bonds is 5. The molecule has 0 aliphatic carbocycles. The molecule has 0 aliphatic heterocycles. The molecule has 5 heteroatoms. The number of carbonyl (C=O) groups excluding carboxylic acids is 1. The number of hydrogen-bond donors (Lipinski definition) is 4. The van der Waals surface area contributed by atoms with E-state index >= 15 is 0 Å². The summed E-state index contributed by atoms with van der Waals surface area (Å²) in [5.41, 5.74) is 0.0425. The van der Waals surface area contributed by atoms with Crippen LogP contribution in [0.25, 0.3) is 0 Å². The SMILES string of the molecule is CC(CCCO)NC(=O)c1cccc(O)c1O. The quantitative estimate of drug-likeness (QED) is 0.577. The summed E-state index contributed by atoms with van der Waals surface area (Å²) in [4.78, 5) is 11.7. The van der Waals surface area contributed by atoms with E-state index in [0.29, 0.717) is 12.8 Å². The Balaban J connectivity index is 2.67. The summed E-state index contributed by atoms with van der Waals surface area (Å²) in [5.74, 6) is -1.18. The lowest BCUT2D eigenvalue weighted by atomic mass is 10.1. The summed E-state index contributed by atoms with van der Waals surface area (Å²) in [5, 5.41) is 30.1. The van der Waals surface area contributed by atoms with Crippen LogP contribution >= 0.6 is 0 Å². The lowest BCUT2D eigenvalue weighted by Gasteiger charge is -2.14. The number of phenols is 2. The van der Waals surface area contributed by atoms with Gasteiger partial charge in [0.2, 0.25) is 0 Å². The van der Waals surface area contributed by atoms with Gasteiger partial charge >= 0.3 is 0 Å². The Hall–Kier alpha value is -1.75. The van der Waals surface area contributed by atoms with Crippen LogP contribution in [0, 0.1) is 0 Å². The Morgan fingerprint density at radius 3 is 2.76 bits per heavy atom. The van der Waals surface area contributed by atoms with Crippen molar-refractivity contribution in [1.82, 2.24) is 5.32 Å². The van der Waals surface area contributed by atoms with E-state index in [1.807, 2.05) is 6.92 Å². The fraction of sp³-hybridized carbons (Fsp3) is 0.417. The number of carbonyl (C=O) groups is 1. The molecule has 1 aromatic rings. The summed E-state index contributed by atoms with van der Waals surface area (Å²) < 4.78 is 0. The van der Waals surface area contributed by atoms with Gasteiger partial charge in [-0.2, -0.15) is 0 Å². The smallest absolute Gasteiger partial charge is 0.255 e. The van der Waals surface area contributed by atoms with Crippen molar-refractivity contribution in [2.24, 2.45) is 0 Å². The average Bonchev–Trinajstić information content (AvgIpc) is 2.29. The minimum Gasteiger partial charge on any atom is -0.504 e. The van der Waals surface area contributed by atoms with Crippen LogP contribution in [0.2, 0.25) is 0 Å². The van der Waals surface area contributed by atoms with Crippen LogP contribution in [0.1, 0.15) is 30.1 Å². The molecule has 0 heterocycles. The zero-order valence-electron chi connectivity index (χ0n) is 9.68.